The molecule has 1 saturated carbocycles. The van der Waals surface area contributed by atoms with Crippen molar-refractivity contribution >= 4 is 39.6 Å². The number of terminal acetylenes is 1. The summed E-state index contributed by atoms with van der Waals surface area (Å²) in [5.74, 6) is 0.688. The Bertz CT molecular complexity index is 2450. The zero-order valence-corrected chi connectivity index (χ0v) is 35.0. The highest BCUT2D eigenvalue weighted by Crippen LogP contribution is 2.47. The van der Waals surface area contributed by atoms with Crippen LogP contribution in [0, 0.1) is 35.3 Å². The van der Waals surface area contributed by atoms with Crippen LogP contribution in [0.1, 0.15) is 64.9 Å². The molecule has 3 aliphatic heterocycles. The Hall–Kier alpha value is -5.73. The van der Waals surface area contributed by atoms with Gasteiger partial charge in [-0.3, -0.25) is 14.7 Å². The predicted molar refractivity (Wildman–Crippen MR) is 220 cm³/mol. The molecule has 2 aromatic carbocycles. The SMILES string of the molecule is C#Cc1c(F)ccc2cc(OCOC)cc(-c3ncc4c(N5CC6CCC(C5)N6C(=O)OC(C)OC(=O)C(C)C)nc(OCC5(CN6CCC(=C(F)F)CC6)CC5)nc4c3F)c12. The van der Waals surface area contributed by atoms with Crippen molar-refractivity contribution in [3.63, 3.8) is 0 Å². The van der Waals surface area contributed by atoms with E-state index in [2.05, 4.69) is 20.8 Å². The molecule has 1 amide bonds. The first-order valence-electron chi connectivity index (χ1n) is 20.8. The highest BCUT2D eigenvalue weighted by atomic mass is 19.3. The third kappa shape index (κ3) is 8.67. The van der Waals surface area contributed by atoms with Gasteiger partial charge in [0.15, 0.2) is 12.6 Å². The number of piperazine rings is 1. The predicted octanol–water partition coefficient (Wildman–Crippen LogP) is 7.83. The second-order valence-corrected chi connectivity index (χ2v) is 16.9. The molecule has 3 saturated heterocycles. The molecule has 0 radical (unpaired) electrons. The highest BCUT2D eigenvalue weighted by molar-refractivity contribution is 6.03. The zero-order chi connectivity index (χ0) is 43.9. The van der Waals surface area contributed by atoms with E-state index in [4.69, 9.17) is 35.1 Å². The Morgan fingerprint density at radius 2 is 1.73 bits per heavy atom. The van der Waals surface area contributed by atoms with Crippen LogP contribution in [0.3, 0.4) is 0 Å². The molecule has 3 atom stereocenters. The van der Waals surface area contributed by atoms with E-state index in [9.17, 15) is 18.4 Å². The van der Waals surface area contributed by atoms with Gasteiger partial charge in [0, 0.05) is 69.3 Å². The number of hydrogen-bond donors (Lipinski definition) is 0. The van der Waals surface area contributed by atoms with Gasteiger partial charge >= 0.3 is 18.1 Å². The number of piperidine rings is 1. The van der Waals surface area contributed by atoms with Crippen LogP contribution >= 0.6 is 0 Å². The van der Waals surface area contributed by atoms with Crippen molar-refractivity contribution in [3.8, 4) is 35.4 Å². The number of aromatic nitrogens is 3. The van der Waals surface area contributed by atoms with Gasteiger partial charge in [-0.1, -0.05) is 25.8 Å². The molecule has 5 heterocycles. The molecule has 4 aliphatic rings. The summed E-state index contributed by atoms with van der Waals surface area (Å²) in [6, 6.07) is 5.24. The van der Waals surface area contributed by atoms with E-state index >= 15 is 8.78 Å². The van der Waals surface area contributed by atoms with Crippen LogP contribution in [-0.4, -0.2) is 108 Å². The fraction of sp³-hybridized carbons (Fsp3) is 0.489. The maximum absolute atomic E-state index is 17.4. The number of esters is 1. The van der Waals surface area contributed by atoms with E-state index in [-0.39, 0.29) is 75.6 Å². The van der Waals surface area contributed by atoms with Crippen molar-refractivity contribution in [3.05, 3.63) is 59.3 Å². The second kappa shape index (κ2) is 17.6. The second-order valence-electron chi connectivity index (χ2n) is 16.9. The molecule has 2 aromatic heterocycles. The number of methoxy groups -OCH3 is 1. The van der Waals surface area contributed by atoms with E-state index in [0.717, 1.165) is 12.8 Å². The van der Waals surface area contributed by atoms with Crippen LogP contribution in [0.4, 0.5) is 28.2 Å². The van der Waals surface area contributed by atoms with E-state index in [0.29, 0.717) is 75.4 Å². The van der Waals surface area contributed by atoms with Crippen LogP contribution in [0.25, 0.3) is 32.9 Å². The van der Waals surface area contributed by atoms with Gasteiger partial charge in [0.1, 0.15) is 28.6 Å². The van der Waals surface area contributed by atoms with Gasteiger partial charge in [-0.15, -0.1) is 6.42 Å². The number of benzene rings is 2. The van der Waals surface area contributed by atoms with Crippen LogP contribution in [0.15, 0.2) is 42.1 Å². The summed E-state index contributed by atoms with van der Waals surface area (Å²) in [4.78, 5) is 45.5. The van der Waals surface area contributed by atoms with E-state index < -0.39 is 42.0 Å². The zero-order valence-electron chi connectivity index (χ0n) is 35.0. The fourth-order valence-electron chi connectivity index (χ4n) is 8.75. The molecule has 17 heteroatoms. The van der Waals surface area contributed by atoms with Gasteiger partial charge in [0.25, 0.3) is 6.08 Å². The smallest absolute Gasteiger partial charge is 0.413 e. The van der Waals surface area contributed by atoms with Crippen LogP contribution in [-0.2, 0) is 19.0 Å². The number of fused-ring (bicyclic) bond motifs is 4. The van der Waals surface area contributed by atoms with Crippen molar-refractivity contribution in [2.75, 3.05) is 58.1 Å². The molecule has 0 N–H and O–H groups in total. The largest absolute Gasteiger partial charge is 0.468 e. The number of carbonyl (C=O) groups is 2. The first-order chi connectivity index (χ1) is 29.8. The first-order valence-corrected chi connectivity index (χ1v) is 20.8. The Balaban J connectivity index is 1.14. The molecule has 62 heavy (non-hydrogen) atoms. The van der Waals surface area contributed by atoms with Gasteiger partial charge in [0.05, 0.1) is 35.6 Å². The Morgan fingerprint density at radius 3 is 2.37 bits per heavy atom. The number of rotatable bonds is 13. The average Bonchev–Trinajstić information content (AvgIpc) is 3.96. The molecule has 13 nitrogen and oxygen atoms in total. The van der Waals surface area contributed by atoms with Gasteiger partial charge in [-0.25, -0.2) is 13.6 Å². The van der Waals surface area contributed by atoms with Crippen molar-refractivity contribution in [2.45, 2.75) is 77.7 Å². The molecule has 1 aliphatic carbocycles. The summed E-state index contributed by atoms with van der Waals surface area (Å²) >= 11 is 0. The van der Waals surface area contributed by atoms with Crippen LogP contribution < -0.4 is 14.4 Å². The molecule has 4 aromatic rings. The molecular formula is C45H48F4N6O7. The standard InChI is InChI=1S/C45H48F4N6O7/c1-6-32-35(46)10-7-28-17-31(60-24-58-5)18-33(36(28)32)38-37(47)39-34(19-50-38)41(52-43(51-39)59-23-45(13-14-45)22-53-15-11-27(12-16-53)40(48)49)54-20-29-8-9-30(21-54)55(29)44(57)62-26(4)61-42(56)25(2)3/h1,7,10,17-19,25-26,29-30H,8-9,11-16,20-24H2,2-5H3. The molecular weight excluding hydrogens is 813 g/mol. The number of hydrogen-bond acceptors (Lipinski definition) is 12. The average molecular weight is 861 g/mol. The van der Waals surface area contributed by atoms with E-state index in [1.54, 1.807) is 24.8 Å². The number of likely N-dealkylation sites (tertiary alicyclic amines) is 1. The van der Waals surface area contributed by atoms with Crippen molar-refractivity contribution in [2.24, 2.45) is 11.3 Å². The minimum atomic E-state index is -1.60. The number of pyridine rings is 1. The summed E-state index contributed by atoms with van der Waals surface area (Å²) < 4.78 is 87.1. The normalized spacial score (nSPS) is 20.0. The first kappa shape index (κ1) is 42.9. The number of nitrogens with zero attached hydrogens (tertiary/aromatic N) is 6. The number of halogens is 4. The highest BCUT2D eigenvalue weighted by Gasteiger charge is 2.47. The van der Waals surface area contributed by atoms with E-state index in [1.165, 1.54) is 38.4 Å². The van der Waals surface area contributed by atoms with Crippen LogP contribution in [0.2, 0.25) is 0 Å². The minimum Gasteiger partial charge on any atom is -0.468 e. The molecule has 2 bridgehead atoms. The van der Waals surface area contributed by atoms with Gasteiger partial charge in [-0.05, 0) is 67.7 Å². The monoisotopic (exact) mass is 860 g/mol. The summed E-state index contributed by atoms with van der Waals surface area (Å²) in [6.07, 6.45) is 7.65. The Morgan fingerprint density at radius 1 is 1.00 bits per heavy atom. The molecule has 3 unspecified atom stereocenters. The summed E-state index contributed by atoms with van der Waals surface area (Å²) in [7, 11) is 1.46. The Kier molecular flexibility index (Phi) is 12.2. The molecule has 328 valence electrons. The topological polar surface area (TPSA) is 129 Å². The number of anilines is 1. The van der Waals surface area contributed by atoms with Gasteiger partial charge in [0.2, 0.25) is 6.29 Å². The summed E-state index contributed by atoms with van der Waals surface area (Å²) in [6.45, 7) is 7.29. The number of amides is 1. The number of ether oxygens (including phenoxy) is 5. The lowest BCUT2D eigenvalue weighted by molar-refractivity contribution is -0.170. The van der Waals surface area contributed by atoms with Crippen molar-refractivity contribution in [1.29, 1.82) is 0 Å². The lowest BCUT2D eigenvalue weighted by Gasteiger charge is -2.41. The maximum Gasteiger partial charge on any atom is 0.413 e. The lowest BCUT2D eigenvalue weighted by Crippen LogP contribution is -2.56. The summed E-state index contributed by atoms with van der Waals surface area (Å²) in [5.41, 5.74) is -0.219. The van der Waals surface area contributed by atoms with Crippen molar-refractivity contribution < 1.29 is 50.8 Å². The van der Waals surface area contributed by atoms with Crippen LogP contribution in [0.5, 0.6) is 11.8 Å². The Labute approximate surface area is 356 Å². The van der Waals surface area contributed by atoms with Crippen molar-refractivity contribution in [1.82, 2.24) is 24.8 Å². The third-order valence-corrected chi connectivity index (χ3v) is 12.2. The van der Waals surface area contributed by atoms with Gasteiger partial charge in [-0.2, -0.15) is 18.7 Å². The fourth-order valence-corrected chi connectivity index (χ4v) is 8.75. The lowest BCUT2D eigenvalue weighted by atomic mass is 9.95. The quantitative estimate of drug-likeness (QED) is 0.0563. The van der Waals surface area contributed by atoms with E-state index in [1.807, 2.05) is 4.90 Å². The molecule has 4 fully saturated rings. The molecule has 0 spiro atoms. The third-order valence-electron chi connectivity index (χ3n) is 12.2. The molecule has 8 rings (SSSR count). The summed E-state index contributed by atoms with van der Waals surface area (Å²) in [5, 5.41) is 1.02. The van der Waals surface area contributed by atoms with Gasteiger partial charge < -0.3 is 33.5 Å². The number of carbonyl (C=O) groups excluding carboxylic acids is 2. The maximum atomic E-state index is 17.4. The minimum absolute atomic E-state index is 0.0747.